The monoisotopic (exact) mass is 263 g/mol. The van der Waals surface area contributed by atoms with Gasteiger partial charge in [0.05, 0.1) is 0 Å². The van der Waals surface area contributed by atoms with E-state index in [9.17, 15) is 9.18 Å². The zero-order valence-corrected chi connectivity index (χ0v) is 11.5. The highest BCUT2D eigenvalue weighted by Crippen LogP contribution is 2.30. The normalized spacial score (nSPS) is 19.3. The number of aldehydes is 1. The molecule has 19 heavy (non-hydrogen) atoms. The van der Waals surface area contributed by atoms with Crippen LogP contribution >= 0.6 is 0 Å². The number of benzene rings is 1. The first kappa shape index (κ1) is 14.2. The molecule has 0 spiro atoms. The van der Waals surface area contributed by atoms with Gasteiger partial charge in [0.2, 0.25) is 0 Å². The van der Waals surface area contributed by atoms with Crippen LogP contribution in [0.4, 0.5) is 4.39 Å². The Morgan fingerprint density at radius 3 is 2.53 bits per heavy atom. The Hall–Kier alpha value is -1.22. The van der Waals surface area contributed by atoms with Crippen LogP contribution in [0, 0.1) is 11.7 Å². The molecule has 1 aromatic carbocycles. The summed E-state index contributed by atoms with van der Waals surface area (Å²) in [5.41, 5.74) is 1.12. The van der Waals surface area contributed by atoms with Crippen molar-refractivity contribution in [1.82, 2.24) is 4.90 Å². The van der Waals surface area contributed by atoms with Crippen molar-refractivity contribution < 1.29 is 9.18 Å². The van der Waals surface area contributed by atoms with E-state index in [1.165, 1.54) is 25.0 Å². The maximum atomic E-state index is 13.0. The van der Waals surface area contributed by atoms with Crippen molar-refractivity contribution in [2.45, 2.75) is 38.6 Å². The molecule has 1 aliphatic rings. The molecule has 0 N–H and O–H groups in total. The van der Waals surface area contributed by atoms with Crippen molar-refractivity contribution >= 4 is 6.29 Å². The van der Waals surface area contributed by atoms with Gasteiger partial charge in [-0.05, 0) is 56.0 Å². The molecule has 0 aromatic heterocycles. The molecule has 104 valence electrons. The molecule has 1 saturated heterocycles. The predicted molar refractivity (Wildman–Crippen MR) is 74.4 cm³/mol. The number of carbonyl (C=O) groups is 1. The summed E-state index contributed by atoms with van der Waals surface area (Å²) in [6.07, 6.45) is 4.78. The number of hydrogen-bond donors (Lipinski definition) is 0. The Morgan fingerprint density at radius 1 is 1.32 bits per heavy atom. The predicted octanol–water partition coefficient (Wildman–Crippen LogP) is 3.58. The summed E-state index contributed by atoms with van der Waals surface area (Å²) in [6, 6.07) is 6.97. The van der Waals surface area contributed by atoms with Gasteiger partial charge < -0.3 is 4.79 Å². The molecule has 0 bridgehead atoms. The van der Waals surface area contributed by atoms with Crippen LogP contribution in [0.15, 0.2) is 24.3 Å². The number of carbonyl (C=O) groups excluding carboxylic acids is 1. The Labute approximate surface area is 114 Å². The van der Waals surface area contributed by atoms with E-state index in [1.54, 1.807) is 0 Å². The molecule has 0 saturated carbocycles. The van der Waals surface area contributed by atoms with E-state index in [1.807, 2.05) is 12.1 Å². The van der Waals surface area contributed by atoms with Gasteiger partial charge in [-0.2, -0.15) is 0 Å². The molecule has 3 heteroatoms. The third-order valence-corrected chi connectivity index (χ3v) is 4.07. The Kier molecular flexibility index (Phi) is 5.08. The van der Waals surface area contributed by atoms with E-state index >= 15 is 0 Å². The summed E-state index contributed by atoms with van der Waals surface area (Å²) < 4.78 is 13.0. The minimum Gasteiger partial charge on any atom is -0.303 e. The highest BCUT2D eigenvalue weighted by atomic mass is 19.1. The van der Waals surface area contributed by atoms with Gasteiger partial charge in [-0.3, -0.25) is 4.90 Å². The smallest absolute Gasteiger partial charge is 0.123 e. The molecule has 1 aromatic rings. The SMILES string of the molecule is CC1CCN(C(CCC=O)c2ccc(F)cc2)CC1. The number of halogens is 1. The number of piperidine rings is 1. The van der Waals surface area contributed by atoms with Gasteiger partial charge in [-0.1, -0.05) is 19.1 Å². The molecule has 2 nitrogen and oxygen atoms in total. The van der Waals surface area contributed by atoms with Crippen LogP contribution < -0.4 is 0 Å². The highest BCUT2D eigenvalue weighted by Gasteiger charge is 2.24. The fraction of sp³-hybridized carbons (Fsp3) is 0.562. The van der Waals surface area contributed by atoms with Crippen molar-refractivity contribution in [3.8, 4) is 0 Å². The van der Waals surface area contributed by atoms with Crippen LogP contribution in [0.5, 0.6) is 0 Å². The summed E-state index contributed by atoms with van der Waals surface area (Å²) in [5, 5.41) is 0. The summed E-state index contributed by atoms with van der Waals surface area (Å²) in [7, 11) is 0. The minimum absolute atomic E-state index is 0.204. The number of nitrogens with zero attached hydrogens (tertiary/aromatic N) is 1. The first-order valence-corrected chi connectivity index (χ1v) is 7.14. The van der Waals surface area contributed by atoms with Crippen molar-refractivity contribution in [3.05, 3.63) is 35.6 Å². The maximum absolute atomic E-state index is 13.0. The highest BCUT2D eigenvalue weighted by molar-refractivity contribution is 5.49. The molecular weight excluding hydrogens is 241 g/mol. The van der Waals surface area contributed by atoms with E-state index in [0.717, 1.165) is 37.3 Å². The van der Waals surface area contributed by atoms with E-state index in [0.29, 0.717) is 6.42 Å². The van der Waals surface area contributed by atoms with Gasteiger partial charge in [0.25, 0.3) is 0 Å². The molecule has 0 amide bonds. The fourth-order valence-electron chi connectivity index (χ4n) is 2.81. The van der Waals surface area contributed by atoms with Gasteiger partial charge in [0.1, 0.15) is 12.1 Å². The lowest BCUT2D eigenvalue weighted by Crippen LogP contribution is -2.36. The van der Waals surface area contributed by atoms with E-state index in [-0.39, 0.29) is 11.9 Å². The van der Waals surface area contributed by atoms with Gasteiger partial charge in [-0.25, -0.2) is 4.39 Å². The first-order chi connectivity index (χ1) is 9.20. The summed E-state index contributed by atoms with van der Waals surface area (Å²) >= 11 is 0. The average Bonchev–Trinajstić information content (AvgIpc) is 2.43. The topological polar surface area (TPSA) is 20.3 Å². The van der Waals surface area contributed by atoms with Crippen molar-refractivity contribution in [1.29, 1.82) is 0 Å². The molecule has 1 heterocycles. The summed E-state index contributed by atoms with van der Waals surface area (Å²) in [4.78, 5) is 13.1. The quantitative estimate of drug-likeness (QED) is 0.757. The lowest BCUT2D eigenvalue weighted by Gasteiger charge is -2.37. The van der Waals surface area contributed by atoms with Crippen LogP contribution in [-0.4, -0.2) is 24.3 Å². The summed E-state index contributed by atoms with van der Waals surface area (Å²) in [6.45, 7) is 4.43. The van der Waals surface area contributed by atoms with Gasteiger partial charge in [-0.15, -0.1) is 0 Å². The standard InChI is InChI=1S/C16H22FNO/c1-13-8-10-18(11-9-13)16(3-2-12-19)14-4-6-15(17)7-5-14/h4-7,12-13,16H,2-3,8-11H2,1H3. The van der Waals surface area contributed by atoms with Gasteiger partial charge in [0, 0.05) is 12.5 Å². The molecule has 2 rings (SSSR count). The minimum atomic E-state index is -0.204. The third-order valence-electron chi connectivity index (χ3n) is 4.07. The Bertz CT molecular complexity index is 396. The van der Waals surface area contributed by atoms with Gasteiger partial charge in [0.15, 0.2) is 0 Å². The molecule has 0 radical (unpaired) electrons. The van der Waals surface area contributed by atoms with Crippen LogP contribution in [-0.2, 0) is 4.79 Å². The average molecular weight is 263 g/mol. The van der Waals surface area contributed by atoms with Crippen molar-refractivity contribution in [2.75, 3.05) is 13.1 Å². The first-order valence-electron chi connectivity index (χ1n) is 7.14. The molecule has 1 aliphatic heterocycles. The van der Waals surface area contributed by atoms with Crippen molar-refractivity contribution in [3.63, 3.8) is 0 Å². The molecular formula is C16H22FNO. The molecule has 1 unspecified atom stereocenters. The number of rotatable bonds is 5. The van der Waals surface area contributed by atoms with E-state index < -0.39 is 0 Å². The van der Waals surface area contributed by atoms with E-state index in [2.05, 4.69) is 11.8 Å². The summed E-state index contributed by atoms with van der Waals surface area (Å²) in [5.74, 6) is 0.585. The molecule has 0 aliphatic carbocycles. The lowest BCUT2D eigenvalue weighted by atomic mass is 9.94. The second kappa shape index (κ2) is 6.80. The van der Waals surface area contributed by atoms with E-state index in [4.69, 9.17) is 0 Å². The number of hydrogen-bond acceptors (Lipinski definition) is 2. The molecule has 1 fully saturated rings. The van der Waals surface area contributed by atoms with Crippen LogP contribution in [0.25, 0.3) is 0 Å². The largest absolute Gasteiger partial charge is 0.303 e. The third kappa shape index (κ3) is 3.87. The Balaban J connectivity index is 2.10. The zero-order chi connectivity index (χ0) is 13.7. The van der Waals surface area contributed by atoms with Crippen LogP contribution in [0.3, 0.4) is 0 Å². The van der Waals surface area contributed by atoms with Gasteiger partial charge >= 0.3 is 0 Å². The maximum Gasteiger partial charge on any atom is 0.123 e. The van der Waals surface area contributed by atoms with Crippen LogP contribution in [0.2, 0.25) is 0 Å². The van der Waals surface area contributed by atoms with Crippen molar-refractivity contribution in [2.24, 2.45) is 5.92 Å². The zero-order valence-electron chi connectivity index (χ0n) is 11.5. The second-order valence-electron chi connectivity index (χ2n) is 5.53. The van der Waals surface area contributed by atoms with Crippen LogP contribution in [0.1, 0.15) is 44.2 Å². The second-order valence-corrected chi connectivity index (χ2v) is 5.53. The molecule has 1 atom stereocenters. The lowest BCUT2D eigenvalue weighted by molar-refractivity contribution is -0.108. The Morgan fingerprint density at radius 2 is 1.95 bits per heavy atom. The fourth-order valence-corrected chi connectivity index (χ4v) is 2.81. The number of likely N-dealkylation sites (tertiary alicyclic amines) is 1.